The predicted octanol–water partition coefficient (Wildman–Crippen LogP) is 4.59. The smallest absolute Gasteiger partial charge is 0.124 e. The minimum Gasteiger partial charge on any atom is -0.260 e. The zero-order chi connectivity index (χ0) is 13.4. The third-order valence-electron chi connectivity index (χ3n) is 2.86. The molecule has 0 radical (unpaired) electrons. The predicted molar refractivity (Wildman–Crippen MR) is 85.7 cm³/mol. The summed E-state index contributed by atoms with van der Waals surface area (Å²) in [7, 11) is 0. The molecule has 0 spiro atoms. The number of aromatic nitrogens is 2. The molecule has 0 bridgehead atoms. The minimum absolute atomic E-state index is 0.240. The quantitative estimate of drug-likeness (QED) is 0.543. The van der Waals surface area contributed by atoms with Gasteiger partial charge in [0.2, 0.25) is 0 Å². The molecular formula is C14H9BrFIN2. The Labute approximate surface area is 131 Å². The van der Waals surface area contributed by atoms with Gasteiger partial charge in [-0.05, 0) is 58.5 Å². The Bertz CT molecular complexity index is 734. The second kappa shape index (κ2) is 5.20. The summed E-state index contributed by atoms with van der Waals surface area (Å²) in [5.41, 5.74) is 1.95. The fraction of sp³-hybridized carbons (Fsp3) is 0.0714. The molecule has 0 aliphatic rings. The van der Waals surface area contributed by atoms with Crippen LogP contribution in [0.1, 0.15) is 5.56 Å². The van der Waals surface area contributed by atoms with E-state index in [2.05, 4.69) is 49.7 Å². The van der Waals surface area contributed by atoms with E-state index in [4.69, 9.17) is 0 Å². The summed E-state index contributed by atoms with van der Waals surface area (Å²) in [5.74, 6) is -0.240. The summed E-state index contributed by atoms with van der Waals surface area (Å²) in [5, 5.41) is 5.46. The lowest BCUT2D eigenvalue weighted by atomic mass is 10.2. The zero-order valence-corrected chi connectivity index (χ0v) is 13.5. The Morgan fingerprint density at radius 3 is 2.84 bits per heavy atom. The van der Waals surface area contributed by atoms with Crippen LogP contribution in [0, 0.1) is 9.39 Å². The Balaban J connectivity index is 2.03. The van der Waals surface area contributed by atoms with Gasteiger partial charge in [0.1, 0.15) is 5.82 Å². The van der Waals surface area contributed by atoms with Gasteiger partial charge in [-0.2, -0.15) is 5.10 Å². The molecule has 2 aromatic carbocycles. The topological polar surface area (TPSA) is 17.8 Å². The normalized spacial score (nSPS) is 11.1. The molecule has 0 atom stereocenters. The van der Waals surface area contributed by atoms with Gasteiger partial charge in [0.25, 0.3) is 0 Å². The van der Waals surface area contributed by atoms with Crippen LogP contribution in [0.25, 0.3) is 10.9 Å². The standard InChI is InChI=1S/C14H9BrFIN2/c15-11-3-9(4-12(16)5-11)8-19-14-6-13(17)2-1-10(14)7-18-19/h1-7H,8H2. The van der Waals surface area contributed by atoms with Crippen LogP contribution >= 0.6 is 38.5 Å². The van der Waals surface area contributed by atoms with Gasteiger partial charge in [0, 0.05) is 13.4 Å². The third kappa shape index (κ3) is 2.81. The maximum absolute atomic E-state index is 13.4. The first-order valence-corrected chi connectivity index (χ1v) is 7.55. The molecule has 19 heavy (non-hydrogen) atoms. The van der Waals surface area contributed by atoms with Crippen LogP contribution in [0.3, 0.4) is 0 Å². The molecule has 0 unspecified atom stereocenters. The van der Waals surface area contributed by atoms with Gasteiger partial charge in [0.15, 0.2) is 0 Å². The first kappa shape index (κ1) is 13.1. The fourth-order valence-corrected chi connectivity index (χ4v) is 3.03. The van der Waals surface area contributed by atoms with E-state index in [1.807, 2.05) is 29.1 Å². The molecule has 3 aromatic rings. The molecule has 0 fully saturated rings. The highest BCUT2D eigenvalue weighted by Crippen LogP contribution is 2.20. The fourth-order valence-electron chi connectivity index (χ4n) is 2.04. The van der Waals surface area contributed by atoms with Crippen molar-refractivity contribution in [1.82, 2.24) is 9.78 Å². The summed E-state index contributed by atoms with van der Waals surface area (Å²) >= 11 is 5.58. The van der Waals surface area contributed by atoms with Crippen LogP contribution in [0.4, 0.5) is 4.39 Å². The molecule has 3 rings (SSSR count). The highest BCUT2D eigenvalue weighted by atomic mass is 127. The van der Waals surface area contributed by atoms with Crippen LogP contribution in [0.15, 0.2) is 47.1 Å². The third-order valence-corrected chi connectivity index (χ3v) is 3.99. The van der Waals surface area contributed by atoms with Crippen molar-refractivity contribution in [2.45, 2.75) is 6.54 Å². The molecule has 0 aliphatic carbocycles. The summed E-state index contributed by atoms with van der Waals surface area (Å²) in [6.07, 6.45) is 1.83. The monoisotopic (exact) mass is 430 g/mol. The van der Waals surface area contributed by atoms with Gasteiger partial charge in [-0.25, -0.2) is 4.39 Å². The van der Waals surface area contributed by atoms with E-state index >= 15 is 0 Å². The summed E-state index contributed by atoms with van der Waals surface area (Å²) in [6, 6.07) is 11.1. The van der Waals surface area contributed by atoms with E-state index < -0.39 is 0 Å². The lowest BCUT2D eigenvalue weighted by Gasteiger charge is -2.05. The molecule has 0 N–H and O–H groups in total. The molecular weight excluding hydrogens is 422 g/mol. The number of benzene rings is 2. The van der Waals surface area contributed by atoms with Crippen LogP contribution in [-0.4, -0.2) is 9.78 Å². The van der Waals surface area contributed by atoms with E-state index in [1.54, 1.807) is 0 Å². The lowest BCUT2D eigenvalue weighted by Crippen LogP contribution is -2.02. The zero-order valence-electron chi connectivity index (χ0n) is 9.78. The summed E-state index contributed by atoms with van der Waals surface area (Å²) in [4.78, 5) is 0. The maximum atomic E-state index is 13.4. The maximum Gasteiger partial charge on any atom is 0.124 e. The molecule has 1 aromatic heterocycles. The number of nitrogens with zero attached hydrogens (tertiary/aromatic N) is 2. The van der Waals surface area contributed by atoms with Crippen molar-refractivity contribution >= 4 is 49.4 Å². The minimum atomic E-state index is -0.240. The second-order valence-electron chi connectivity index (χ2n) is 4.28. The van der Waals surface area contributed by atoms with Crippen LogP contribution in [0.5, 0.6) is 0 Å². The number of rotatable bonds is 2. The highest BCUT2D eigenvalue weighted by Gasteiger charge is 2.05. The first-order valence-electron chi connectivity index (χ1n) is 5.68. The van der Waals surface area contributed by atoms with Gasteiger partial charge in [-0.15, -0.1) is 0 Å². The van der Waals surface area contributed by atoms with E-state index in [-0.39, 0.29) is 5.82 Å². The summed E-state index contributed by atoms with van der Waals surface area (Å²) in [6.45, 7) is 0.556. The van der Waals surface area contributed by atoms with Gasteiger partial charge in [0.05, 0.1) is 18.3 Å². The molecule has 0 amide bonds. The average Bonchev–Trinajstić information content (AvgIpc) is 2.70. The van der Waals surface area contributed by atoms with Crippen LogP contribution in [0.2, 0.25) is 0 Å². The lowest BCUT2D eigenvalue weighted by molar-refractivity contribution is 0.620. The van der Waals surface area contributed by atoms with E-state index in [0.29, 0.717) is 6.54 Å². The Morgan fingerprint density at radius 2 is 2.05 bits per heavy atom. The van der Waals surface area contributed by atoms with E-state index in [9.17, 15) is 4.39 Å². The van der Waals surface area contributed by atoms with Gasteiger partial charge in [-0.3, -0.25) is 4.68 Å². The van der Waals surface area contributed by atoms with Crippen LogP contribution < -0.4 is 0 Å². The van der Waals surface area contributed by atoms with E-state index in [1.165, 1.54) is 12.1 Å². The molecule has 5 heteroatoms. The molecule has 96 valence electrons. The van der Waals surface area contributed by atoms with E-state index in [0.717, 1.165) is 24.5 Å². The molecule has 1 heterocycles. The number of hydrogen-bond donors (Lipinski definition) is 0. The first-order chi connectivity index (χ1) is 9.11. The number of hydrogen-bond acceptors (Lipinski definition) is 1. The molecule has 0 aliphatic heterocycles. The highest BCUT2D eigenvalue weighted by molar-refractivity contribution is 14.1. The number of fused-ring (bicyclic) bond motifs is 1. The van der Waals surface area contributed by atoms with Crippen molar-refractivity contribution in [3.05, 3.63) is 62.0 Å². The number of halogens is 3. The van der Waals surface area contributed by atoms with Crippen molar-refractivity contribution in [3.63, 3.8) is 0 Å². The van der Waals surface area contributed by atoms with Gasteiger partial charge >= 0.3 is 0 Å². The molecule has 2 nitrogen and oxygen atoms in total. The SMILES string of the molecule is Fc1cc(Br)cc(Cn2ncc3ccc(I)cc32)c1. The van der Waals surface area contributed by atoms with Crippen molar-refractivity contribution in [2.24, 2.45) is 0 Å². The van der Waals surface area contributed by atoms with Crippen molar-refractivity contribution in [3.8, 4) is 0 Å². The average molecular weight is 431 g/mol. The van der Waals surface area contributed by atoms with Gasteiger partial charge < -0.3 is 0 Å². The largest absolute Gasteiger partial charge is 0.260 e. The van der Waals surface area contributed by atoms with Crippen molar-refractivity contribution < 1.29 is 4.39 Å². The Hall–Kier alpha value is -0.950. The van der Waals surface area contributed by atoms with Gasteiger partial charge in [-0.1, -0.05) is 22.0 Å². The van der Waals surface area contributed by atoms with Crippen molar-refractivity contribution in [2.75, 3.05) is 0 Å². The summed E-state index contributed by atoms with van der Waals surface area (Å²) < 4.78 is 17.2. The van der Waals surface area contributed by atoms with Crippen LogP contribution in [-0.2, 0) is 6.54 Å². The van der Waals surface area contributed by atoms with Crippen molar-refractivity contribution in [1.29, 1.82) is 0 Å². The Kier molecular flexibility index (Phi) is 3.58. The Morgan fingerprint density at radius 1 is 1.21 bits per heavy atom. The molecule has 0 saturated heterocycles. The second-order valence-corrected chi connectivity index (χ2v) is 6.44. The molecule has 0 saturated carbocycles.